The van der Waals surface area contributed by atoms with Gasteiger partial charge in [0.1, 0.15) is 11.5 Å². The fourth-order valence-electron chi connectivity index (χ4n) is 3.96. The number of fused-ring (bicyclic) bond motifs is 2. The Morgan fingerprint density at radius 2 is 1.67 bits per heavy atom. The number of halogens is 1. The molecule has 1 aliphatic heterocycles. The van der Waals surface area contributed by atoms with Crippen molar-refractivity contribution >= 4 is 45.0 Å². The van der Waals surface area contributed by atoms with E-state index in [0.717, 1.165) is 35.6 Å². The fourth-order valence-corrected chi connectivity index (χ4v) is 4.96. The van der Waals surface area contributed by atoms with E-state index in [1.54, 1.807) is 11.0 Å². The quantitative estimate of drug-likeness (QED) is 0.258. The summed E-state index contributed by atoms with van der Waals surface area (Å²) in [4.78, 5) is 22.6. The van der Waals surface area contributed by atoms with E-state index in [1.165, 1.54) is 11.3 Å². The number of amides is 1. The van der Waals surface area contributed by atoms with Crippen molar-refractivity contribution in [3.05, 3.63) is 72.3 Å². The second-order valence-corrected chi connectivity index (χ2v) is 9.11. The van der Waals surface area contributed by atoms with Crippen molar-refractivity contribution in [1.82, 2.24) is 9.88 Å². The van der Waals surface area contributed by atoms with Crippen molar-refractivity contribution in [1.29, 1.82) is 0 Å². The second kappa shape index (κ2) is 11.6. The summed E-state index contributed by atoms with van der Waals surface area (Å²) < 4.78 is 17.9. The van der Waals surface area contributed by atoms with E-state index in [2.05, 4.69) is 18.7 Å². The van der Waals surface area contributed by atoms with Crippen molar-refractivity contribution in [3.8, 4) is 23.0 Å². The molecule has 0 spiro atoms. The Morgan fingerprint density at radius 3 is 2.42 bits per heavy atom. The van der Waals surface area contributed by atoms with E-state index in [9.17, 15) is 4.79 Å². The number of thiazole rings is 1. The molecule has 0 bridgehead atoms. The van der Waals surface area contributed by atoms with Crippen LogP contribution in [0.25, 0.3) is 10.2 Å². The van der Waals surface area contributed by atoms with Crippen LogP contribution in [0.1, 0.15) is 24.2 Å². The number of carbonyl (C=O) groups excluding carboxylic acids is 1. The highest BCUT2D eigenvalue weighted by atomic mass is 35.5. The van der Waals surface area contributed by atoms with Crippen LogP contribution in [0, 0.1) is 0 Å². The molecule has 2 heterocycles. The van der Waals surface area contributed by atoms with Crippen molar-refractivity contribution in [2.75, 3.05) is 37.9 Å². The summed E-state index contributed by atoms with van der Waals surface area (Å²) in [5, 5.41) is 0.648. The number of benzene rings is 3. The first-order chi connectivity index (χ1) is 17.1. The summed E-state index contributed by atoms with van der Waals surface area (Å²) >= 11 is 1.48. The molecule has 7 nitrogen and oxygen atoms in total. The molecule has 0 saturated heterocycles. The number of likely N-dealkylation sites (N-methyl/N-ethyl adjacent to an activating group) is 1. The smallest absolute Gasteiger partial charge is 0.260 e. The molecule has 0 fully saturated rings. The van der Waals surface area contributed by atoms with Gasteiger partial charge in [-0.2, -0.15) is 0 Å². The van der Waals surface area contributed by atoms with Gasteiger partial charge in [-0.3, -0.25) is 9.69 Å². The van der Waals surface area contributed by atoms with Crippen LogP contribution in [0.3, 0.4) is 0 Å². The van der Waals surface area contributed by atoms with Crippen LogP contribution in [-0.4, -0.2) is 48.8 Å². The largest absolute Gasteiger partial charge is 0.457 e. The number of anilines is 1. The normalized spacial score (nSPS) is 12.0. The van der Waals surface area contributed by atoms with Gasteiger partial charge in [0.15, 0.2) is 16.6 Å². The molecule has 9 heteroatoms. The van der Waals surface area contributed by atoms with E-state index in [-0.39, 0.29) is 25.1 Å². The summed E-state index contributed by atoms with van der Waals surface area (Å²) in [6, 6.07) is 20.6. The van der Waals surface area contributed by atoms with Crippen LogP contribution in [0.5, 0.6) is 23.0 Å². The highest BCUT2D eigenvalue weighted by Gasteiger charge is 2.24. The molecule has 1 amide bonds. The number of para-hydroxylation sites is 1. The molecule has 3 aromatic carbocycles. The van der Waals surface area contributed by atoms with Gasteiger partial charge in [0.2, 0.25) is 6.79 Å². The second-order valence-electron chi connectivity index (χ2n) is 8.10. The molecule has 0 atom stereocenters. The minimum atomic E-state index is -0.116. The van der Waals surface area contributed by atoms with Gasteiger partial charge in [-0.25, -0.2) is 4.98 Å². The van der Waals surface area contributed by atoms with Crippen LogP contribution in [-0.2, 0) is 0 Å². The summed E-state index contributed by atoms with van der Waals surface area (Å²) in [6.45, 7) is 7.57. The Kier molecular flexibility index (Phi) is 8.30. The van der Waals surface area contributed by atoms with Crippen LogP contribution < -0.4 is 19.1 Å². The molecule has 1 aliphatic rings. The Hall–Kier alpha value is -3.33. The topological polar surface area (TPSA) is 64.1 Å². The maximum absolute atomic E-state index is 13.8. The van der Waals surface area contributed by atoms with Crippen molar-refractivity contribution in [3.63, 3.8) is 0 Å². The average molecular weight is 526 g/mol. The Morgan fingerprint density at radius 1 is 0.944 bits per heavy atom. The third-order valence-corrected chi connectivity index (χ3v) is 6.98. The number of carbonyl (C=O) groups is 1. The minimum absolute atomic E-state index is 0. The van der Waals surface area contributed by atoms with Gasteiger partial charge in [0.25, 0.3) is 5.91 Å². The molecule has 0 radical (unpaired) electrons. The van der Waals surface area contributed by atoms with E-state index in [1.807, 2.05) is 60.7 Å². The van der Waals surface area contributed by atoms with E-state index >= 15 is 0 Å². The molecule has 188 valence electrons. The lowest BCUT2D eigenvalue weighted by Crippen LogP contribution is -2.38. The van der Waals surface area contributed by atoms with E-state index < -0.39 is 0 Å². The first-order valence-corrected chi connectivity index (χ1v) is 12.5. The summed E-state index contributed by atoms with van der Waals surface area (Å²) in [5.74, 6) is 2.61. The molecular weight excluding hydrogens is 498 g/mol. The highest BCUT2D eigenvalue weighted by molar-refractivity contribution is 7.22. The first kappa shape index (κ1) is 25.8. The Bertz CT molecular complexity index is 1290. The molecule has 0 unspecified atom stereocenters. The Balaban J connectivity index is 0.00000304. The third-order valence-electron chi connectivity index (χ3n) is 5.94. The monoisotopic (exact) mass is 525 g/mol. The molecule has 0 aliphatic carbocycles. The lowest BCUT2D eigenvalue weighted by Gasteiger charge is -2.25. The number of hydrogen-bond acceptors (Lipinski definition) is 7. The zero-order valence-corrected chi connectivity index (χ0v) is 21.8. The maximum Gasteiger partial charge on any atom is 0.260 e. The predicted molar refractivity (Wildman–Crippen MR) is 145 cm³/mol. The molecule has 36 heavy (non-hydrogen) atoms. The molecule has 1 aromatic heterocycles. The fraction of sp³-hybridized carbons (Fsp3) is 0.259. The summed E-state index contributed by atoms with van der Waals surface area (Å²) in [5.41, 5.74) is 1.34. The highest BCUT2D eigenvalue weighted by Crippen LogP contribution is 2.40. The molecule has 5 rings (SSSR count). The maximum atomic E-state index is 13.8. The van der Waals surface area contributed by atoms with Crippen molar-refractivity contribution < 1.29 is 19.0 Å². The third kappa shape index (κ3) is 5.56. The lowest BCUT2D eigenvalue weighted by molar-refractivity contribution is 0.0983. The van der Waals surface area contributed by atoms with Crippen LogP contribution in [0.2, 0.25) is 0 Å². The minimum Gasteiger partial charge on any atom is -0.457 e. The zero-order valence-electron chi connectivity index (χ0n) is 20.2. The number of ether oxygens (including phenoxy) is 3. The van der Waals surface area contributed by atoms with Gasteiger partial charge in [-0.1, -0.05) is 49.4 Å². The van der Waals surface area contributed by atoms with Gasteiger partial charge in [0, 0.05) is 30.8 Å². The predicted octanol–water partition coefficient (Wildman–Crippen LogP) is 6.23. The van der Waals surface area contributed by atoms with Gasteiger partial charge < -0.3 is 19.1 Å². The standard InChI is InChI=1S/C27H27N3O4S.ClH/c1-3-29(4-2)13-14-30(27-28-22-16-23-24(33-18-32-23)17-25(22)35-27)26(31)19-9-8-12-21(15-19)34-20-10-6-5-7-11-20;/h5-12,15-17H,3-4,13-14,18H2,1-2H3;1H. The summed E-state index contributed by atoms with van der Waals surface area (Å²) in [7, 11) is 0. The molecule has 4 aromatic rings. The van der Waals surface area contributed by atoms with Crippen LogP contribution in [0.4, 0.5) is 5.13 Å². The van der Waals surface area contributed by atoms with Crippen molar-refractivity contribution in [2.45, 2.75) is 13.8 Å². The number of nitrogens with zero attached hydrogens (tertiary/aromatic N) is 3. The number of aromatic nitrogens is 1. The van der Waals surface area contributed by atoms with E-state index in [4.69, 9.17) is 19.2 Å². The van der Waals surface area contributed by atoms with Crippen molar-refractivity contribution in [2.24, 2.45) is 0 Å². The average Bonchev–Trinajstić information content (AvgIpc) is 3.51. The van der Waals surface area contributed by atoms with E-state index in [0.29, 0.717) is 34.5 Å². The number of hydrogen-bond donors (Lipinski definition) is 0. The first-order valence-electron chi connectivity index (χ1n) is 11.7. The molecule has 0 saturated carbocycles. The Labute approximate surface area is 220 Å². The van der Waals surface area contributed by atoms with Gasteiger partial charge in [-0.05, 0) is 43.4 Å². The van der Waals surface area contributed by atoms with Gasteiger partial charge in [0.05, 0.1) is 10.2 Å². The van der Waals surface area contributed by atoms with Crippen LogP contribution >= 0.6 is 23.7 Å². The van der Waals surface area contributed by atoms with Gasteiger partial charge >= 0.3 is 0 Å². The summed E-state index contributed by atoms with van der Waals surface area (Å²) in [6.07, 6.45) is 0. The SMILES string of the molecule is CCN(CC)CCN(C(=O)c1cccc(Oc2ccccc2)c1)c1nc2cc3c(cc2s1)OCO3.Cl. The molecule has 0 N–H and O–H groups in total. The van der Waals surface area contributed by atoms with Gasteiger partial charge in [-0.15, -0.1) is 12.4 Å². The number of rotatable bonds is 9. The van der Waals surface area contributed by atoms with Crippen LogP contribution in [0.15, 0.2) is 66.7 Å². The zero-order chi connectivity index (χ0) is 24.2. The lowest BCUT2D eigenvalue weighted by atomic mass is 10.2. The molecular formula is C27H28ClN3O4S.